The number of rotatable bonds is 3. The van der Waals surface area contributed by atoms with Gasteiger partial charge in [0.15, 0.2) is 0 Å². The summed E-state index contributed by atoms with van der Waals surface area (Å²) in [7, 11) is 1.30. The zero-order chi connectivity index (χ0) is 16.3. The van der Waals surface area contributed by atoms with E-state index in [1.165, 1.54) is 13.2 Å². The van der Waals surface area contributed by atoms with Gasteiger partial charge in [-0.3, -0.25) is 4.79 Å². The first-order valence-corrected chi connectivity index (χ1v) is 6.72. The number of amides is 1. The number of carbonyl (C=O) groups is 2. The number of phenolic OH excluding ortho intramolecular Hbond substituents is 1. The molecule has 0 atom stereocenters. The van der Waals surface area contributed by atoms with Crippen molar-refractivity contribution in [3.8, 4) is 5.75 Å². The number of benzene rings is 2. The number of carbonyl (C=O) groups excluding carboxylic acids is 2. The van der Waals surface area contributed by atoms with E-state index < -0.39 is 11.9 Å². The highest BCUT2D eigenvalue weighted by Gasteiger charge is 2.14. The molecule has 0 saturated carbocycles. The number of phenols is 1. The third-order valence-corrected chi connectivity index (χ3v) is 3.30. The highest BCUT2D eigenvalue weighted by Crippen LogP contribution is 2.22. The van der Waals surface area contributed by atoms with Crippen LogP contribution in [0.15, 0.2) is 36.4 Å². The van der Waals surface area contributed by atoms with Crippen LogP contribution in [-0.4, -0.2) is 24.1 Å². The molecule has 114 valence electrons. The zero-order valence-electron chi connectivity index (χ0n) is 12.6. The van der Waals surface area contributed by atoms with Crippen LogP contribution in [0, 0.1) is 13.8 Å². The molecule has 5 nitrogen and oxygen atoms in total. The Morgan fingerprint density at radius 1 is 1.09 bits per heavy atom. The van der Waals surface area contributed by atoms with E-state index in [0.717, 1.165) is 11.1 Å². The van der Waals surface area contributed by atoms with Crippen molar-refractivity contribution < 1.29 is 19.4 Å². The summed E-state index contributed by atoms with van der Waals surface area (Å²) in [6, 6.07) is 9.69. The Morgan fingerprint density at radius 3 is 2.50 bits per heavy atom. The second kappa shape index (κ2) is 6.30. The van der Waals surface area contributed by atoms with Crippen LogP contribution in [-0.2, 0) is 4.74 Å². The molecular weight excluding hydrogens is 282 g/mol. The third kappa shape index (κ3) is 3.25. The van der Waals surface area contributed by atoms with E-state index in [0.29, 0.717) is 11.3 Å². The number of hydrogen-bond acceptors (Lipinski definition) is 4. The van der Waals surface area contributed by atoms with Gasteiger partial charge >= 0.3 is 5.97 Å². The van der Waals surface area contributed by atoms with Crippen molar-refractivity contribution in [1.29, 1.82) is 0 Å². The van der Waals surface area contributed by atoms with E-state index in [-0.39, 0.29) is 11.3 Å². The number of ether oxygens (including phenoxy) is 1. The largest absolute Gasteiger partial charge is 0.507 e. The van der Waals surface area contributed by atoms with Crippen LogP contribution in [0.1, 0.15) is 31.8 Å². The SMILES string of the molecule is COC(=O)c1ccc(C)c(NC(=O)c2cc(C)ccc2O)c1. The average Bonchev–Trinajstić information content (AvgIpc) is 2.50. The van der Waals surface area contributed by atoms with Gasteiger partial charge in [-0.2, -0.15) is 0 Å². The summed E-state index contributed by atoms with van der Waals surface area (Å²) in [6.07, 6.45) is 0. The van der Waals surface area contributed by atoms with E-state index in [1.807, 2.05) is 13.8 Å². The van der Waals surface area contributed by atoms with Gasteiger partial charge in [-0.25, -0.2) is 4.79 Å². The molecule has 2 rings (SSSR count). The summed E-state index contributed by atoms with van der Waals surface area (Å²) in [5.74, 6) is -1.01. The molecule has 2 N–H and O–H groups in total. The molecular formula is C17H17NO4. The smallest absolute Gasteiger partial charge is 0.337 e. The predicted molar refractivity (Wildman–Crippen MR) is 83.3 cm³/mol. The Kier molecular flexibility index (Phi) is 4.46. The van der Waals surface area contributed by atoms with Crippen LogP contribution in [0.2, 0.25) is 0 Å². The third-order valence-electron chi connectivity index (χ3n) is 3.30. The average molecular weight is 299 g/mol. The number of anilines is 1. The van der Waals surface area contributed by atoms with Gasteiger partial charge in [0.05, 0.1) is 18.2 Å². The second-order valence-electron chi connectivity index (χ2n) is 5.00. The van der Waals surface area contributed by atoms with Crippen molar-refractivity contribution >= 4 is 17.6 Å². The molecule has 0 spiro atoms. The van der Waals surface area contributed by atoms with Crippen LogP contribution in [0.3, 0.4) is 0 Å². The molecule has 0 saturated heterocycles. The Balaban J connectivity index is 2.32. The van der Waals surface area contributed by atoms with Gasteiger partial charge in [0.2, 0.25) is 0 Å². The fourth-order valence-electron chi connectivity index (χ4n) is 2.02. The van der Waals surface area contributed by atoms with Crippen molar-refractivity contribution in [2.75, 3.05) is 12.4 Å². The van der Waals surface area contributed by atoms with Crippen molar-refractivity contribution in [3.05, 3.63) is 58.7 Å². The molecule has 2 aromatic rings. The van der Waals surface area contributed by atoms with Gasteiger partial charge in [-0.15, -0.1) is 0 Å². The van der Waals surface area contributed by atoms with Crippen LogP contribution in [0.4, 0.5) is 5.69 Å². The molecule has 1 amide bonds. The summed E-state index contributed by atoms with van der Waals surface area (Å²) in [4.78, 5) is 23.9. The number of methoxy groups -OCH3 is 1. The maximum atomic E-state index is 12.3. The minimum Gasteiger partial charge on any atom is -0.507 e. The summed E-state index contributed by atoms with van der Waals surface area (Å²) < 4.78 is 4.66. The minimum atomic E-state index is -0.478. The van der Waals surface area contributed by atoms with Crippen LogP contribution in [0.5, 0.6) is 5.75 Å². The van der Waals surface area contributed by atoms with Gasteiger partial charge in [0.1, 0.15) is 5.75 Å². The molecule has 0 aromatic heterocycles. The lowest BCUT2D eigenvalue weighted by atomic mass is 10.1. The van der Waals surface area contributed by atoms with Crippen LogP contribution in [0.25, 0.3) is 0 Å². The van der Waals surface area contributed by atoms with E-state index in [4.69, 9.17) is 0 Å². The van der Waals surface area contributed by atoms with Crippen molar-refractivity contribution in [2.24, 2.45) is 0 Å². The summed E-state index contributed by atoms with van der Waals surface area (Å²) in [5.41, 5.74) is 2.68. The van der Waals surface area contributed by atoms with E-state index in [2.05, 4.69) is 10.1 Å². The van der Waals surface area contributed by atoms with Crippen LogP contribution >= 0.6 is 0 Å². The molecule has 0 aliphatic carbocycles. The Hall–Kier alpha value is -2.82. The second-order valence-corrected chi connectivity index (χ2v) is 5.00. The lowest BCUT2D eigenvalue weighted by molar-refractivity contribution is 0.0600. The number of hydrogen-bond donors (Lipinski definition) is 2. The Morgan fingerprint density at radius 2 is 1.82 bits per heavy atom. The monoisotopic (exact) mass is 299 g/mol. The molecule has 0 aliphatic heterocycles. The lowest BCUT2D eigenvalue weighted by Gasteiger charge is -2.11. The fourth-order valence-corrected chi connectivity index (χ4v) is 2.02. The van der Waals surface area contributed by atoms with Gasteiger partial charge in [0.25, 0.3) is 5.91 Å². The molecule has 0 radical (unpaired) electrons. The molecule has 0 aliphatic rings. The van der Waals surface area contributed by atoms with Crippen molar-refractivity contribution in [1.82, 2.24) is 0 Å². The summed E-state index contributed by atoms with van der Waals surface area (Å²) in [6.45, 7) is 3.64. The maximum Gasteiger partial charge on any atom is 0.337 e. The summed E-state index contributed by atoms with van der Waals surface area (Å²) in [5, 5.41) is 12.5. The standard InChI is InChI=1S/C17H17NO4/c1-10-4-7-15(19)13(8-10)16(20)18-14-9-12(17(21)22-3)6-5-11(14)2/h4-9,19H,1-3H3,(H,18,20). The van der Waals surface area contributed by atoms with Crippen molar-refractivity contribution in [2.45, 2.75) is 13.8 Å². The predicted octanol–water partition coefficient (Wildman–Crippen LogP) is 3.05. The van der Waals surface area contributed by atoms with E-state index >= 15 is 0 Å². The molecule has 22 heavy (non-hydrogen) atoms. The Bertz CT molecular complexity index is 737. The first kappa shape index (κ1) is 15.6. The van der Waals surface area contributed by atoms with Gasteiger partial charge < -0.3 is 15.2 Å². The van der Waals surface area contributed by atoms with Crippen molar-refractivity contribution in [3.63, 3.8) is 0 Å². The molecule has 0 bridgehead atoms. The quantitative estimate of drug-likeness (QED) is 0.854. The van der Waals surface area contributed by atoms with E-state index in [9.17, 15) is 14.7 Å². The number of aryl methyl sites for hydroxylation is 2. The van der Waals surface area contributed by atoms with Gasteiger partial charge in [-0.1, -0.05) is 17.7 Å². The van der Waals surface area contributed by atoms with E-state index in [1.54, 1.807) is 30.3 Å². The van der Waals surface area contributed by atoms with Gasteiger partial charge in [-0.05, 0) is 43.7 Å². The highest BCUT2D eigenvalue weighted by molar-refractivity contribution is 6.07. The molecule has 0 fully saturated rings. The topological polar surface area (TPSA) is 75.6 Å². The molecule has 2 aromatic carbocycles. The first-order valence-electron chi connectivity index (χ1n) is 6.72. The fraction of sp³-hybridized carbons (Fsp3) is 0.176. The number of aromatic hydroxyl groups is 1. The number of nitrogens with one attached hydrogen (secondary N) is 1. The molecule has 0 heterocycles. The summed E-state index contributed by atoms with van der Waals surface area (Å²) >= 11 is 0. The Labute approximate surface area is 128 Å². The molecule has 5 heteroatoms. The maximum absolute atomic E-state index is 12.3. The number of esters is 1. The molecule has 0 unspecified atom stereocenters. The van der Waals surface area contributed by atoms with Crippen LogP contribution < -0.4 is 5.32 Å². The highest BCUT2D eigenvalue weighted by atomic mass is 16.5. The minimum absolute atomic E-state index is 0.0927. The normalized spacial score (nSPS) is 10.1. The lowest BCUT2D eigenvalue weighted by Crippen LogP contribution is -2.14. The van der Waals surface area contributed by atoms with Gasteiger partial charge in [0, 0.05) is 5.69 Å². The zero-order valence-corrected chi connectivity index (χ0v) is 12.6. The first-order chi connectivity index (χ1) is 10.4.